The number of rotatable bonds is 3. The van der Waals surface area contributed by atoms with Crippen molar-refractivity contribution < 1.29 is 9.90 Å². The van der Waals surface area contributed by atoms with Crippen molar-refractivity contribution >= 4 is 29.2 Å². The maximum Gasteiger partial charge on any atom is 0.261 e. The number of fused-ring (bicyclic) bond motifs is 1. The maximum absolute atomic E-state index is 12.3. The van der Waals surface area contributed by atoms with Crippen molar-refractivity contribution in [2.75, 3.05) is 19.6 Å². The van der Waals surface area contributed by atoms with Crippen LogP contribution in [0.4, 0.5) is 0 Å². The fraction of sp³-hybridized carbons (Fsp3) is 0.412. The lowest BCUT2D eigenvalue weighted by Crippen LogP contribution is -2.44. The van der Waals surface area contributed by atoms with E-state index in [1.807, 2.05) is 18.2 Å². The Morgan fingerprint density at radius 3 is 2.88 bits per heavy atom. The molecule has 1 aromatic heterocycles. The molecule has 4 N–H and O–H groups in total. The van der Waals surface area contributed by atoms with Gasteiger partial charge in [-0.15, -0.1) is 12.4 Å². The van der Waals surface area contributed by atoms with E-state index >= 15 is 0 Å². The summed E-state index contributed by atoms with van der Waals surface area (Å²) in [6.07, 6.45) is 2.08. The van der Waals surface area contributed by atoms with Crippen LogP contribution in [0.2, 0.25) is 0 Å². The fourth-order valence-electron chi connectivity index (χ4n) is 2.95. The van der Waals surface area contributed by atoms with E-state index in [0.29, 0.717) is 18.4 Å². The molecule has 0 radical (unpaired) electrons. The molecule has 1 fully saturated rings. The van der Waals surface area contributed by atoms with E-state index < -0.39 is 17.1 Å². The Morgan fingerprint density at radius 2 is 2.04 bits per heavy atom. The van der Waals surface area contributed by atoms with Crippen molar-refractivity contribution in [2.24, 2.45) is 0 Å². The molecule has 3 rings (SSSR count). The normalized spacial score (nSPS) is 20.9. The Bertz CT molecular complexity index is 767. The summed E-state index contributed by atoms with van der Waals surface area (Å²) < 4.78 is 0. The number of aromatic amines is 1. The number of carbonyl (C=O) groups is 1. The zero-order valence-electron chi connectivity index (χ0n) is 13.3. The quantitative estimate of drug-likeness (QED) is 0.668. The SMILES string of the molecule is Cl.O=C(NCC1(O)CCCNCC1)c1cc2ccccc2[nH]c1=O. The largest absolute Gasteiger partial charge is 0.388 e. The first kappa shape index (κ1) is 18.4. The Kier molecular flexibility index (Phi) is 5.99. The molecule has 24 heavy (non-hydrogen) atoms. The fourth-order valence-corrected chi connectivity index (χ4v) is 2.95. The van der Waals surface area contributed by atoms with Crippen molar-refractivity contribution in [3.05, 3.63) is 46.2 Å². The minimum atomic E-state index is -0.914. The summed E-state index contributed by atoms with van der Waals surface area (Å²) in [7, 11) is 0. The molecule has 6 nitrogen and oxygen atoms in total. The van der Waals surface area contributed by atoms with E-state index in [9.17, 15) is 14.7 Å². The Balaban J connectivity index is 0.00000208. The Hall–Kier alpha value is -1.89. The molecule has 1 unspecified atom stereocenters. The van der Waals surface area contributed by atoms with Crippen LogP contribution in [0, 0.1) is 0 Å². The molecule has 0 aliphatic carbocycles. The zero-order chi connectivity index (χ0) is 16.3. The summed E-state index contributed by atoms with van der Waals surface area (Å²) in [6.45, 7) is 1.75. The summed E-state index contributed by atoms with van der Waals surface area (Å²) in [5, 5.41) is 17.3. The van der Waals surface area contributed by atoms with Gasteiger partial charge in [-0.2, -0.15) is 0 Å². The number of nitrogens with one attached hydrogen (secondary N) is 3. The smallest absolute Gasteiger partial charge is 0.261 e. The van der Waals surface area contributed by atoms with Crippen molar-refractivity contribution in [1.82, 2.24) is 15.6 Å². The molecular weight excluding hydrogens is 330 g/mol. The van der Waals surface area contributed by atoms with E-state index in [2.05, 4.69) is 15.6 Å². The van der Waals surface area contributed by atoms with E-state index in [1.165, 1.54) is 0 Å². The van der Waals surface area contributed by atoms with Crippen LogP contribution in [0.5, 0.6) is 0 Å². The molecule has 1 atom stereocenters. The van der Waals surface area contributed by atoms with Crippen LogP contribution in [-0.2, 0) is 0 Å². The van der Waals surface area contributed by atoms with Gasteiger partial charge in [0.25, 0.3) is 11.5 Å². The number of H-pyrrole nitrogens is 1. The highest BCUT2D eigenvalue weighted by molar-refractivity contribution is 5.97. The summed E-state index contributed by atoms with van der Waals surface area (Å²) in [5.41, 5.74) is -0.569. The van der Waals surface area contributed by atoms with Crippen LogP contribution in [0.15, 0.2) is 35.1 Å². The van der Waals surface area contributed by atoms with Crippen molar-refractivity contribution in [3.8, 4) is 0 Å². The van der Waals surface area contributed by atoms with Gasteiger partial charge in [-0.1, -0.05) is 18.2 Å². The Labute approximate surface area is 146 Å². The van der Waals surface area contributed by atoms with Crippen LogP contribution in [0.1, 0.15) is 29.6 Å². The first-order valence-corrected chi connectivity index (χ1v) is 7.91. The molecule has 1 aliphatic rings. The summed E-state index contributed by atoms with van der Waals surface area (Å²) in [5.74, 6) is -0.456. The van der Waals surface area contributed by atoms with Crippen LogP contribution >= 0.6 is 12.4 Å². The van der Waals surface area contributed by atoms with Crippen molar-refractivity contribution in [2.45, 2.75) is 24.9 Å². The highest BCUT2D eigenvalue weighted by atomic mass is 35.5. The van der Waals surface area contributed by atoms with Gasteiger partial charge in [0.05, 0.1) is 5.60 Å². The maximum atomic E-state index is 12.3. The molecule has 2 aromatic rings. The average molecular weight is 352 g/mol. The third kappa shape index (κ3) is 4.14. The second-order valence-corrected chi connectivity index (χ2v) is 6.11. The van der Waals surface area contributed by atoms with Gasteiger partial charge >= 0.3 is 0 Å². The lowest BCUT2D eigenvalue weighted by Gasteiger charge is -2.26. The van der Waals surface area contributed by atoms with E-state index in [1.54, 1.807) is 12.1 Å². The van der Waals surface area contributed by atoms with Gasteiger partial charge < -0.3 is 20.7 Å². The molecule has 1 saturated heterocycles. The molecule has 0 spiro atoms. The van der Waals surface area contributed by atoms with Crippen molar-refractivity contribution in [1.29, 1.82) is 0 Å². The molecule has 2 heterocycles. The number of aromatic nitrogens is 1. The van der Waals surface area contributed by atoms with Gasteiger partial charge in [-0.05, 0) is 49.9 Å². The molecule has 0 saturated carbocycles. The van der Waals surface area contributed by atoms with Gasteiger partial charge in [0.1, 0.15) is 5.56 Å². The molecular formula is C17H22ClN3O3. The third-order valence-electron chi connectivity index (χ3n) is 4.34. The highest BCUT2D eigenvalue weighted by Crippen LogP contribution is 2.18. The highest BCUT2D eigenvalue weighted by Gasteiger charge is 2.28. The summed E-state index contributed by atoms with van der Waals surface area (Å²) in [6, 6.07) is 8.89. The predicted octanol–water partition coefficient (Wildman–Crippen LogP) is 1.18. The van der Waals surface area contributed by atoms with Gasteiger partial charge in [0, 0.05) is 12.1 Å². The molecule has 7 heteroatoms. The molecule has 130 valence electrons. The first-order chi connectivity index (χ1) is 11.1. The molecule has 0 bridgehead atoms. The van der Waals surface area contributed by atoms with Crippen LogP contribution in [0.25, 0.3) is 10.9 Å². The Morgan fingerprint density at radius 1 is 1.25 bits per heavy atom. The molecule has 1 amide bonds. The lowest BCUT2D eigenvalue weighted by molar-refractivity contribution is 0.0275. The number of carbonyl (C=O) groups excluding carboxylic acids is 1. The first-order valence-electron chi connectivity index (χ1n) is 7.91. The van der Waals surface area contributed by atoms with E-state index in [0.717, 1.165) is 24.9 Å². The summed E-state index contributed by atoms with van der Waals surface area (Å²) >= 11 is 0. The standard InChI is InChI=1S/C17H21N3O3.ClH/c21-15(19-11-17(23)6-3-8-18-9-7-17)13-10-12-4-1-2-5-14(12)20-16(13)22;/h1-2,4-5,10,18,23H,3,6-9,11H2,(H,19,21)(H,20,22);1H. The summed E-state index contributed by atoms with van der Waals surface area (Å²) in [4.78, 5) is 27.1. The monoisotopic (exact) mass is 351 g/mol. The number of benzene rings is 1. The van der Waals surface area contributed by atoms with Gasteiger partial charge in [0.15, 0.2) is 0 Å². The number of amides is 1. The predicted molar refractivity (Wildman–Crippen MR) is 95.8 cm³/mol. The lowest BCUT2D eigenvalue weighted by atomic mass is 9.95. The van der Waals surface area contributed by atoms with Crippen LogP contribution < -0.4 is 16.2 Å². The topological polar surface area (TPSA) is 94.2 Å². The second kappa shape index (κ2) is 7.79. The number of halogens is 1. The van der Waals surface area contributed by atoms with E-state index in [4.69, 9.17) is 0 Å². The van der Waals surface area contributed by atoms with Crippen LogP contribution in [-0.4, -0.2) is 41.2 Å². The van der Waals surface area contributed by atoms with E-state index in [-0.39, 0.29) is 24.5 Å². The van der Waals surface area contributed by atoms with Gasteiger partial charge in [0.2, 0.25) is 0 Å². The third-order valence-corrected chi connectivity index (χ3v) is 4.34. The average Bonchev–Trinajstić information content (AvgIpc) is 2.77. The molecule has 1 aliphatic heterocycles. The number of pyridine rings is 1. The zero-order valence-corrected chi connectivity index (χ0v) is 14.1. The number of para-hydroxylation sites is 1. The minimum absolute atomic E-state index is 0. The number of hydrogen-bond donors (Lipinski definition) is 4. The van der Waals surface area contributed by atoms with Gasteiger partial charge in [-0.25, -0.2) is 0 Å². The second-order valence-electron chi connectivity index (χ2n) is 6.11. The number of aliphatic hydroxyl groups is 1. The number of hydrogen-bond acceptors (Lipinski definition) is 4. The van der Waals surface area contributed by atoms with Crippen LogP contribution in [0.3, 0.4) is 0 Å². The minimum Gasteiger partial charge on any atom is -0.388 e. The van der Waals surface area contributed by atoms with Crippen molar-refractivity contribution in [3.63, 3.8) is 0 Å². The molecule has 1 aromatic carbocycles. The van der Waals surface area contributed by atoms with Gasteiger partial charge in [-0.3, -0.25) is 9.59 Å².